The van der Waals surface area contributed by atoms with Gasteiger partial charge in [0.05, 0.1) is 27.6 Å². The molecule has 3 heterocycles. The molecule has 0 radical (unpaired) electrons. The highest BCUT2D eigenvalue weighted by atomic mass is 35.5. The van der Waals surface area contributed by atoms with Gasteiger partial charge in [-0.05, 0) is 38.3 Å². The first kappa shape index (κ1) is 19.0. The molecule has 1 aliphatic heterocycles. The Labute approximate surface area is 172 Å². The van der Waals surface area contributed by atoms with Crippen LogP contribution in [0.3, 0.4) is 0 Å². The molecule has 146 valence electrons. The van der Waals surface area contributed by atoms with Gasteiger partial charge in [-0.1, -0.05) is 30.1 Å². The third kappa shape index (κ3) is 2.83. The van der Waals surface area contributed by atoms with Crippen molar-refractivity contribution >= 4 is 45.9 Å². The highest BCUT2D eigenvalue weighted by Crippen LogP contribution is 2.42. The minimum atomic E-state index is -1.03. The molecule has 1 saturated heterocycles. The number of hydrogen-bond donors (Lipinski definition) is 1. The van der Waals surface area contributed by atoms with Gasteiger partial charge in [0.2, 0.25) is 0 Å². The summed E-state index contributed by atoms with van der Waals surface area (Å²) < 4.78 is 1.87. The number of benzene rings is 1. The average Bonchev–Trinajstić information content (AvgIpc) is 3.32. The summed E-state index contributed by atoms with van der Waals surface area (Å²) in [6.07, 6.45) is 7.40. The number of aliphatic carboxylic acids is 1. The number of carbonyl (C=O) groups is 1. The Morgan fingerprint density at radius 3 is 2.82 bits per heavy atom. The van der Waals surface area contributed by atoms with Crippen molar-refractivity contribution in [1.82, 2.24) is 14.5 Å². The number of pyridine rings is 1. The van der Waals surface area contributed by atoms with Crippen LogP contribution < -0.4 is 4.90 Å². The van der Waals surface area contributed by atoms with Crippen molar-refractivity contribution in [3.05, 3.63) is 47.0 Å². The Kier molecular flexibility index (Phi) is 4.71. The van der Waals surface area contributed by atoms with E-state index in [4.69, 9.17) is 28.2 Å². The first-order valence-electron chi connectivity index (χ1n) is 9.16. The zero-order chi connectivity index (χ0) is 20.1. The first-order valence-corrected chi connectivity index (χ1v) is 9.92. The molecule has 8 heteroatoms. The molecule has 0 aliphatic carbocycles. The lowest BCUT2D eigenvalue weighted by atomic mass is 9.99. The van der Waals surface area contributed by atoms with Gasteiger partial charge in [0.1, 0.15) is 11.4 Å². The van der Waals surface area contributed by atoms with Gasteiger partial charge in [0.25, 0.3) is 0 Å². The summed E-state index contributed by atoms with van der Waals surface area (Å²) in [5.41, 5.74) is 0.342. The minimum absolute atomic E-state index is 0.0830. The van der Waals surface area contributed by atoms with E-state index in [1.807, 2.05) is 27.8 Å². The van der Waals surface area contributed by atoms with Crippen molar-refractivity contribution in [2.24, 2.45) is 0 Å². The van der Waals surface area contributed by atoms with Gasteiger partial charge >= 0.3 is 5.97 Å². The van der Waals surface area contributed by atoms with E-state index in [0.29, 0.717) is 27.8 Å². The third-order valence-electron chi connectivity index (χ3n) is 5.66. The zero-order valence-electron chi connectivity index (χ0n) is 15.6. The summed E-state index contributed by atoms with van der Waals surface area (Å²) in [5.74, 6) is -0.277. The average molecular weight is 419 g/mol. The largest absolute Gasteiger partial charge is 0.480 e. The number of rotatable bonds is 4. The topological polar surface area (TPSA) is 71.2 Å². The van der Waals surface area contributed by atoms with Crippen molar-refractivity contribution in [3.8, 4) is 5.69 Å². The highest BCUT2D eigenvalue weighted by Gasteiger charge is 2.48. The second-order valence-electron chi connectivity index (χ2n) is 7.28. The van der Waals surface area contributed by atoms with Gasteiger partial charge in [-0.15, -0.1) is 0 Å². The Bertz CT molecular complexity index is 1050. The van der Waals surface area contributed by atoms with Crippen LogP contribution >= 0.6 is 23.2 Å². The van der Waals surface area contributed by atoms with Crippen LogP contribution in [0.5, 0.6) is 0 Å². The van der Waals surface area contributed by atoms with Crippen LogP contribution in [-0.2, 0) is 4.79 Å². The SMILES string of the molecule is CC[C@H]1CC[C@@](C)(C(=O)O)N1c1cc(-n2ccnc2)c2ccc(Cl)c(Cl)c2n1. The molecule has 2 atom stereocenters. The first-order chi connectivity index (χ1) is 13.4. The van der Waals surface area contributed by atoms with Gasteiger partial charge in [0, 0.05) is 29.9 Å². The number of carboxylic acid groups (broad SMARTS) is 1. The quantitative estimate of drug-likeness (QED) is 0.648. The van der Waals surface area contributed by atoms with E-state index in [9.17, 15) is 9.90 Å². The second kappa shape index (κ2) is 6.94. The van der Waals surface area contributed by atoms with Crippen LogP contribution in [-0.4, -0.2) is 37.2 Å². The van der Waals surface area contributed by atoms with Gasteiger partial charge in [0.15, 0.2) is 0 Å². The number of halogens is 2. The lowest BCUT2D eigenvalue weighted by Crippen LogP contribution is -2.51. The molecule has 1 aliphatic rings. The molecule has 1 fully saturated rings. The Balaban J connectivity index is 2.02. The van der Waals surface area contributed by atoms with E-state index in [1.54, 1.807) is 25.5 Å². The van der Waals surface area contributed by atoms with E-state index >= 15 is 0 Å². The van der Waals surface area contributed by atoms with Crippen molar-refractivity contribution in [1.29, 1.82) is 0 Å². The number of anilines is 1. The summed E-state index contributed by atoms with van der Waals surface area (Å²) in [7, 11) is 0. The molecule has 0 amide bonds. The number of hydrogen-bond acceptors (Lipinski definition) is 4. The monoisotopic (exact) mass is 418 g/mol. The fraction of sp³-hybridized carbons (Fsp3) is 0.350. The van der Waals surface area contributed by atoms with E-state index in [0.717, 1.165) is 23.9 Å². The van der Waals surface area contributed by atoms with Crippen LogP contribution in [0.25, 0.3) is 16.6 Å². The van der Waals surface area contributed by atoms with Crippen molar-refractivity contribution in [2.45, 2.75) is 44.7 Å². The van der Waals surface area contributed by atoms with Crippen molar-refractivity contribution in [2.75, 3.05) is 4.90 Å². The highest BCUT2D eigenvalue weighted by molar-refractivity contribution is 6.45. The van der Waals surface area contributed by atoms with Crippen LogP contribution in [0.2, 0.25) is 10.0 Å². The molecule has 1 aromatic carbocycles. The molecule has 2 aromatic heterocycles. The van der Waals surface area contributed by atoms with Gasteiger partial charge in [-0.25, -0.2) is 14.8 Å². The molecular weight excluding hydrogens is 399 g/mol. The van der Waals surface area contributed by atoms with Crippen LogP contribution in [0.4, 0.5) is 5.82 Å². The van der Waals surface area contributed by atoms with Gasteiger partial charge in [-0.3, -0.25) is 0 Å². The normalized spacial score (nSPS) is 22.1. The molecule has 3 aromatic rings. The summed E-state index contributed by atoms with van der Waals surface area (Å²) in [5, 5.41) is 11.5. The fourth-order valence-electron chi connectivity index (χ4n) is 4.08. The predicted molar refractivity (Wildman–Crippen MR) is 111 cm³/mol. The van der Waals surface area contributed by atoms with Crippen molar-refractivity contribution < 1.29 is 9.90 Å². The lowest BCUT2D eigenvalue weighted by Gasteiger charge is -2.36. The van der Waals surface area contributed by atoms with Gasteiger partial charge < -0.3 is 14.6 Å². The molecule has 0 saturated carbocycles. The van der Waals surface area contributed by atoms with Crippen LogP contribution in [0.15, 0.2) is 36.9 Å². The summed E-state index contributed by atoms with van der Waals surface area (Å²) in [6, 6.07) is 5.59. The molecule has 0 unspecified atom stereocenters. The number of imidazole rings is 1. The molecule has 0 spiro atoms. The summed E-state index contributed by atoms with van der Waals surface area (Å²) >= 11 is 12.7. The second-order valence-corrected chi connectivity index (χ2v) is 8.06. The fourth-order valence-corrected chi connectivity index (χ4v) is 4.44. The molecule has 6 nitrogen and oxygen atoms in total. The van der Waals surface area contributed by atoms with E-state index in [-0.39, 0.29) is 6.04 Å². The van der Waals surface area contributed by atoms with Crippen molar-refractivity contribution in [3.63, 3.8) is 0 Å². The maximum absolute atomic E-state index is 12.1. The molecule has 28 heavy (non-hydrogen) atoms. The van der Waals surface area contributed by atoms with Crippen LogP contribution in [0.1, 0.15) is 33.1 Å². The number of fused-ring (bicyclic) bond motifs is 1. The molecule has 1 N–H and O–H groups in total. The number of aromatic nitrogens is 3. The van der Waals surface area contributed by atoms with E-state index in [2.05, 4.69) is 11.9 Å². The lowest BCUT2D eigenvalue weighted by molar-refractivity contribution is -0.142. The Morgan fingerprint density at radius 2 is 2.18 bits per heavy atom. The number of carboxylic acids is 1. The van der Waals surface area contributed by atoms with Gasteiger partial charge in [-0.2, -0.15) is 0 Å². The Hall–Kier alpha value is -2.31. The molecule has 4 rings (SSSR count). The van der Waals surface area contributed by atoms with Crippen LogP contribution in [0, 0.1) is 0 Å². The summed E-state index contributed by atoms with van der Waals surface area (Å²) in [4.78, 5) is 23.0. The number of nitrogens with zero attached hydrogens (tertiary/aromatic N) is 4. The van der Waals surface area contributed by atoms with E-state index in [1.165, 1.54) is 0 Å². The maximum atomic E-state index is 12.1. The smallest absolute Gasteiger partial charge is 0.329 e. The van der Waals surface area contributed by atoms with E-state index < -0.39 is 11.5 Å². The summed E-state index contributed by atoms with van der Waals surface area (Å²) in [6.45, 7) is 3.82. The zero-order valence-corrected chi connectivity index (χ0v) is 17.1. The maximum Gasteiger partial charge on any atom is 0.329 e. The predicted octanol–water partition coefficient (Wildman–Crippen LogP) is 4.95. The standard InChI is InChI=1S/C20H20Cl2N4O2/c1-3-12-6-7-20(2,19(27)28)26(12)16-10-15(25-9-8-23-11-25)13-4-5-14(21)17(22)18(13)24-16/h4-5,8-12H,3,6-7H2,1-2H3,(H,27,28)/t12-,20-/m0/s1. The molecular formula is C20H20Cl2N4O2. The Morgan fingerprint density at radius 1 is 1.39 bits per heavy atom. The molecule has 0 bridgehead atoms. The third-order valence-corrected chi connectivity index (χ3v) is 6.45. The minimum Gasteiger partial charge on any atom is -0.480 e.